The van der Waals surface area contributed by atoms with Crippen LogP contribution in [-0.2, 0) is 30.9 Å². The summed E-state index contributed by atoms with van der Waals surface area (Å²) in [6, 6.07) is 11.0. The first-order chi connectivity index (χ1) is 32.6. The van der Waals surface area contributed by atoms with Gasteiger partial charge in [-0.25, -0.2) is 19.9 Å². The molecule has 2 aliphatic rings. The monoisotopic (exact) mass is 905 g/mol. The predicted octanol–water partition coefficient (Wildman–Crippen LogP) is 6.21. The van der Waals surface area contributed by atoms with Crippen LogP contribution in [0.4, 0.5) is 0 Å². The van der Waals surface area contributed by atoms with Crippen molar-refractivity contribution < 1.29 is 23.8 Å². The van der Waals surface area contributed by atoms with Crippen LogP contribution in [0.25, 0.3) is 66.9 Å². The lowest BCUT2D eigenvalue weighted by Crippen LogP contribution is -2.37. The quantitative estimate of drug-likeness (QED) is 0.0727. The number of fused-ring (bicyclic) bond motifs is 6. The molecule has 0 bridgehead atoms. The van der Waals surface area contributed by atoms with E-state index in [0.29, 0.717) is 90.9 Å². The van der Waals surface area contributed by atoms with Gasteiger partial charge in [-0.15, -0.1) is 0 Å². The molecule has 0 unspecified atom stereocenters. The predicted molar refractivity (Wildman–Crippen MR) is 255 cm³/mol. The van der Waals surface area contributed by atoms with E-state index in [2.05, 4.69) is 36.4 Å². The summed E-state index contributed by atoms with van der Waals surface area (Å²) in [5.41, 5.74) is 18.8. The average molecular weight is 906 g/mol. The number of carbonyl (C=O) groups excluding carboxylic acids is 2. The van der Waals surface area contributed by atoms with Gasteiger partial charge in [0.25, 0.3) is 0 Å². The Bertz CT molecular complexity index is 3220. The highest BCUT2D eigenvalue weighted by Crippen LogP contribution is 2.39. The number of aryl methyl sites for hydroxylation is 4. The molecule has 7 heterocycles. The molecule has 0 spiro atoms. The highest BCUT2D eigenvalue weighted by Gasteiger charge is 2.26. The molecule has 67 heavy (non-hydrogen) atoms. The first-order valence-corrected chi connectivity index (χ1v) is 23.1. The van der Waals surface area contributed by atoms with Gasteiger partial charge < -0.3 is 34.8 Å². The third-order valence-electron chi connectivity index (χ3n) is 12.6. The number of benzene rings is 2. The molecule has 18 nitrogen and oxygen atoms in total. The molecular formula is C49H55N13O5. The summed E-state index contributed by atoms with van der Waals surface area (Å²) >= 11 is 0. The fourth-order valence-corrected chi connectivity index (χ4v) is 9.12. The molecule has 2 amide bonds. The SMILES string of the molecule is CCn1nc(C)cc1-c1ncc2c3cc(C(N)=O)cc(OCCCN4CCOCC4)c3n(C/C=C/Cn3c4nc(-c5cc(C)nn5CC)ncc4c4cc(C(N)=O)cc(OCC5CC5)c43)c2n1. The zero-order valence-corrected chi connectivity index (χ0v) is 38.4. The largest absolute Gasteiger partial charge is 0.491 e. The maximum atomic E-state index is 12.8. The summed E-state index contributed by atoms with van der Waals surface area (Å²) in [5.74, 6) is 1.52. The Morgan fingerprint density at radius 1 is 0.716 bits per heavy atom. The highest BCUT2D eigenvalue weighted by molar-refractivity contribution is 6.13. The molecule has 1 saturated heterocycles. The number of ether oxygens (including phenoxy) is 3. The van der Waals surface area contributed by atoms with E-state index in [9.17, 15) is 9.59 Å². The van der Waals surface area contributed by atoms with Crippen LogP contribution in [0.1, 0.15) is 65.2 Å². The first kappa shape index (κ1) is 43.7. The van der Waals surface area contributed by atoms with Crippen molar-refractivity contribution in [1.82, 2.24) is 53.5 Å². The zero-order valence-electron chi connectivity index (χ0n) is 38.4. The molecule has 0 radical (unpaired) electrons. The van der Waals surface area contributed by atoms with E-state index < -0.39 is 11.8 Å². The Balaban J connectivity index is 1.08. The van der Waals surface area contributed by atoms with Gasteiger partial charge in [-0.2, -0.15) is 10.2 Å². The molecule has 0 atom stereocenters. The lowest BCUT2D eigenvalue weighted by atomic mass is 10.1. The van der Waals surface area contributed by atoms with Crippen molar-refractivity contribution in [3.8, 4) is 34.5 Å². The number of nitrogens with two attached hydrogens (primary N) is 2. The Kier molecular flexibility index (Phi) is 11.9. The number of nitrogens with zero attached hydrogens (tertiary/aromatic N) is 11. The summed E-state index contributed by atoms with van der Waals surface area (Å²) in [6.45, 7) is 15.1. The Labute approximate surface area is 386 Å². The van der Waals surface area contributed by atoms with Crippen LogP contribution in [0.3, 0.4) is 0 Å². The molecule has 1 aliphatic carbocycles. The van der Waals surface area contributed by atoms with Gasteiger partial charge in [-0.05, 0) is 89.3 Å². The van der Waals surface area contributed by atoms with Gasteiger partial charge in [-0.3, -0.25) is 23.9 Å². The molecule has 1 saturated carbocycles. The summed E-state index contributed by atoms with van der Waals surface area (Å²) in [7, 11) is 0. The van der Waals surface area contributed by atoms with Crippen LogP contribution in [0.15, 0.2) is 60.9 Å². The van der Waals surface area contributed by atoms with Crippen LogP contribution < -0.4 is 20.9 Å². The van der Waals surface area contributed by atoms with Crippen LogP contribution >= 0.6 is 0 Å². The smallest absolute Gasteiger partial charge is 0.248 e. The van der Waals surface area contributed by atoms with Gasteiger partial charge >= 0.3 is 0 Å². The second-order valence-electron chi connectivity index (χ2n) is 17.4. The van der Waals surface area contributed by atoms with Crippen molar-refractivity contribution in [2.24, 2.45) is 17.4 Å². The molecule has 6 aromatic heterocycles. The Morgan fingerprint density at radius 2 is 1.22 bits per heavy atom. The fraction of sp³-hybridized carbons (Fsp3) is 0.388. The lowest BCUT2D eigenvalue weighted by molar-refractivity contribution is 0.0358. The number of rotatable bonds is 18. The van der Waals surface area contributed by atoms with Gasteiger partial charge in [0.05, 0.1) is 48.8 Å². The second-order valence-corrected chi connectivity index (χ2v) is 17.4. The van der Waals surface area contributed by atoms with Crippen molar-refractivity contribution >= 4 is 55.7 Å². The van der Waals surface area contributed by atoms with Gasteiger partial charge in [0.2, 0.25) is 11.8 Å². The van der Waals surface area contributed by atoms with E-state index in [-0.39, 0.29) is 0 Å². The van der Waals surface area contributed by atoms with Gasteiger partial charge in [0, 0.05) is 90.9 Å². The van der Waals surface area contributed by atoms with Crippen molar-refractivity contribution in [2.45, 2.75) is 73.1 Å². The van der Waals surface area contributed by atoms with Crippen molar-refractivity contribution in [3.05, 3.63) is 83.5 Å². The minimum absolute atomic E-state index is 0.332. The summed E-state index contributed by atoms with van der Waals surface area (Å²) < 4.78 is 26.7. The molecule has 10 rings (SSSR count). The Morgan fingerprint density at radius 3 is 1.70 bits per heavy atom. The highest BCUT2D eigenvalue weighted by atomic mass is 16.5. The van der Waals surface area contributed by atoms with Crippen LogP contribution in [0, 0.1) is 19.8 Å². The van der Waals surface area contributed by atoms with Gasteiger partial charge in [0.1, 0.15) is 34.2 Å². The third-order valence-corrected chi connectivity index (χ3v) is 12.6. The minimum atomic E-state index is -0.559. The van der Waals surface area contributed by atoms with E-state index in [1.807, 2.05) is 55.4 Å². The van der Waals surface area contributed by atoms with Crippen molar-refractivity contribution in [1.29, 1.82) is 0 Å². The lowest BCUT2D eigenvalue weighted by Gasteiger charge is -2.26. The summed E-state index contributed by atoms with van der Waals surface area (Å²) in [6.07, 6.45) is 10.8. The molecule has 18 heteroatoms. The fourth-order valence-electron chi connectivity index (χ4n) is 9.12. The zero-order chi connectivity index (χ0) is 46.3. The number of aromatic nitrogens is 10. The molecule has 8 aromatic rings. The Hall–Kier alpha value is -7.18. The standard InChI is InChI=1S/C49H55N13O5/c1-5-61-38(20-29(3)56-61)46-52-26-36-34-22-32(44(50)63)24-40(66-17-9-12-58-15-18-65-19-16-58)42(34)59(48(36)54-46)13-7-8-14-60-43-35(23-33(45(51)64)25-41(43)67-28-31-10-11-31)37-27-53-47(55-49(37)60)39-21-30(4)57-62(39)6-2/h7-8,20-27,31H,5-6,9-19,28H2,1-4H3,(H2,50,63)(H2,51,64)/b8-7+. The van der Waals surface area contributed by atoms with Crippen LogP contribution in [0.5, 0.6) is 11.5 Å². The average Bonchev–Trinajstić information content (AvgIpc) is 3.68. The van der Waals surface area contributed by atoms with E-state index in [4.69, 9.17) is 45.6 Å². The third kappa shape index (κ3) is 8.57. The maximum Gasteiger partial charge on any atom is 0.248 e. The number of allylic oxidation sites excluding steroid dienone is 2. The number of morpholine rings is 1. The first-order valence-electron chi connectivity index (χ1n) is 23.1. The van der Waals surface area contributed by atoms with E-state index in [0.717, 1.165) is 107 Å². The van der Waals surface area contributed by atoms with Crippen LogP contribution in [-0.4, -0.2) is 111 Å². The topological polar surface area (TPSA) is 214 Å². The van der Waals surface area contributed by atoms with E-state index in [1.165, 1.54) is 0 Å². The molecule has 346 valence electrons. The molecule has 2 aromatic carbocycles. The summed E-state index contributed by atoms with van der Waals surface area (Å²) in [4.78, 5) is 48.0. The normalized spacial score (nSPS) is 14.7. The molecular weight excluding hydrogens is 851 g/mol. The molecule has 1 aliphatic heterocycles. The number of hydrogen-bond donors (Lipinski definition) is 2. The van der Waals surface area contributed by atoms with Gasteiger partial charge in [0.15, 0.2) is 11.6 Å². The number of primary amides is 2. The van der Waals surface area contributed by atoms with Gasteiger partial charge in [-0.1, -0.05) is 12.2 Å². The minimum Gasteiger partial charge on any atom is -0.491 e. The van der Waals surface area contributed by atoms with Crippen LogP contribution in [0.2, 0.25) is 0 Å². The maximum absolute atomic E-state index is 12.8. The second kappa shape index (κ2) is 18.2. The van der Waals surface area contributed by atoms with E-state index >= 15 is 0 Å². The number of carbonyl (C=O) groups is 2. The van der Waals surface area contributed by atoms with Crippen molar-refractivity contribution in [2.75, 3.05) is 46.1 Å². The van der Waals surface area contributed by atoms with E-state index in [1.54, 1.807) is 30.5 Å². The number of amides is 2. The number of hydrogen-bond acceptors (Lipinski definition) is 12. The molecule has 4 N–H and O–H groups in total. The van der Waals surface area contributed by atoms with Crippen molar-refractivity contribution in [3.63, 3.8) is 0 Å². The molecule has 2 fully saturated rings. The summed E-state index contributed by atoms with van der Waals surface area (Å²) in [5, 5.41) is 12.4.